The van der Waals surface area contributed by atoms with Crippen molar-refractivity contribution < 1.29 is 14.3 Å². The van der Waals surface area contributed by atoms with Crippen molar-refractivity contribution in [2.24, 2.45) is 5.92 Å². The molecule has 0 aliphatic heterocycles. The first-order chi connectivity index (χ1) is 12.4. The van der Waals surface area contributed by atoms with Gasteiger partial charge in [-0.3, -0.25) is 4.79 Å². The van der Waals surface area contributed by atoms with Gasteiger partial charge in [0.2, 0.25) is 0 Å². The number of hydrogen-bond acceptors (Lipinski definition) is 3. The smallest absolute Gasteiger partial charge is 0.258 e. The summed E-state index contributed by atoms with van der Waals surface area (Å²) in [6.45, 7) is 8.29. The number of hydrogen-bond donors (Lipinski definition) is 1. The summed E-state index contributed by atoms with van der Waals surface area (Å²) in [6, 6.07) is 13.8. The van der Waals surface area contributed by atoms with Crippen molar-refractivity contribution >= 4 is 5.91 Å². The summed E-state index contributed by atoms with van der Waals surface area (Å²) in [4.78, 5) is 12.4. The van der Waals surface area contributed by atoms with Gasteiger partial charge >= 0.3 is 0 Å². The molecule has 1 N–H and O–H groups in total. The first-order valence-electron chi connectivity index (χ1n) is 9.02. The Balaban J connectivity index is 2.02. The van der Waals surface area contributed by atoms with E-state index in [1.165, 1.54) is 0 Å². The second-order valence-corrected chi connectivity index (χ2v) is 7.08. The lowest BCUT2D eigenvalue weighted by Gasteiger charge is -2.21. The number of amides is 1. The number of methoxy groups -OCH3 is 1. The molecule has 2 rings (SSSR count). The van der Waals surface area contributed by atoms with E-state index in [0.29, 0.717) is 5.92 Å². The molecule has 0 spiro atoms. The molecule has 0 saturated heterocycles. The number of benzene rings is 2. The molecule has 1 amide bonds. The average Bonchev–Trinajstić information content (AvgIpc) is 2.61. The molecule has 0 heterocycles. The molecule has 0 aromatic heterocycles. The monoisotopic (exact) mass is 355 g/mol. The van der Waals surface area contributed by atoms with Crippen LogP contribution in [0.1, 0.15) is 43.0 Å². The van der Waals surface area contributed by atoms with Crippen LogP contribution in [0.5, 0.6) is 11.5 Å². The van der Waals surface area contributed by atoms with Gasteiger partial charge in [-0.25, -0.2) is 0 Å². The fraction of sp³-hybridized carbons (Fsp3) is 0.409. The van der Waals surface area contributed by atoms with Gasteiger partial charge in [0.25, 0.3) is 5.91 Å². The molecule has 4 heteroatoms. The quantitative estimate of drug-likeness (QED) is 0.753. The van der Waals surface area contributed by atoms with Gasteiger partial charge in [0.05, 0.1) is 13.2 Å². The topological polar surface area (TPSA) is 47.6 Å². The molecule has 2 aromatic rings. The Kier molecular flexibility index (Phi) is 7.07. The average molecular weight is 355 g/mol. The van der Waals surface area contributed by atoms with Gasteiger partial charge < -0.3 is 14.8 Å². The van der Waals surface area contributed by atoms with Crippen LogP contribution in [0.25, 0.3) is 0 Å². The number of rotatable bonds is 8. The third-order valence-corrected chi connectivity index (χ3v) is 4.26. The Morgan fingerprint density at radius 2 is 1.77 bits per heavy atom. The second-order valence-electron chi connectivity index (χ2n) is 7.08. The highest BCUT2D eigenvalue weighted by atomic mass is 16.5. The summed E-state index contributed by atoms with van der Waals surface area (Å²) in [5.41, 5.74) is 3.21. The molecular formula is C22H29NO3. The van der Waals surface area contributed by atoms with E-state index in [1.54, 1.807) is 7.11 Å². The molecule has 0 saturated carbocycles. The van der Waals surface area contributed by atoms with E-state index in [-0.39, 0.29) is 18.6 Å². The Bertz CT molecular complexity index is 723. The third kappa shape index (κ3) is 5.80. The zero-order valence-corrected chi connectivity index (χ0v) is 16.3. The second kappa shape index (κ2) is 9.27. The van der Waals surface area contributed by atoms with Crippen LogP contribution in [-0.2, 0) is 4.79 Å². The molecule has 0 fully saturated rings. The van der Waals surface area contributed by atoms with Crippen LogP contribution in [-0.4, -0.2) is 19.6 Å². The van der Waals surface area contributed by atoms with E-state index in [0.717, 1.165) is 34.6 Å². The molecule has 0 aliphatic carbocycles. The molecule has 26 heavy (non-hydrogen) atoms. The van der Waals surface area contributed by atoms with Crippen LogP contribution in [0.2, 0.25) is 0 Å². The van der Waals surface area contributed by atoms with Crippen LogP contribution < -0.4 is 14.8 Å². The highest BCUT2D eigenvalue weighted by Gasteiger charge is 2.17. The van der Waals surface area contributed by atoms with Crippen LogP contribution >= 0.6 is 0 Å². The lowest BCUT2D eigenvalue weighted by molar-refractivity contribution is -0.124. The number of carbonyl (C=O) groups excluding carboxylic acids is 1. The number of carbonyl (C=O) groups is 1. The lowest BCUT2D eigenvalue weighted by atomic mass is 9.97. The van der Waals surface area contributed by atoms with Crippen LogP contribution in [0.3, 0.4) is 0 Å². The Labute approximate surface area is 156 Å². The van der Waals surface area contributed by atoms with Crippen LogP contribution in [0, 0.1) is 19.8 Å². The van der Waals surface area contributed by atoms with Gasteiger partial charge in [-0.15, -0.1) is 0 Å². The van der Waals surface area contributed by atoms with Gasteiger partial charge in [0, 0.05) is 0 Å². The number of aryl methyl sites for hydroxylation is 2. The minimum Gasteiger partial charge on any atom is -0.497 e. The Morgan fingerprint density at radius 1 is 1.08 bits per heavy atom. The van der Waals surface area contributed by atoms with Crippen molar-refractivity contribution in [3.63, 3.8) is 0 Å². The molecule has 4 nitrogen and oxygen atoms in total. The van der Waals surface area contributed by atoms with Crippen molar-refractivity contribution in [3.8, 4) is 11.5 Å². The lowest BCUT2D eigenvalue weighted by Crippen LogP contribution is -2.33. The highest BCUT2D eigenvalue weighted by Crippen LogP contribution is 2.24. The molecule has 140 valence electrons. The fourth-order valence-corrected chi connectivity index (χ4v) is 2.83. The molecule has 1 unspecified atom stereocenters. The first-order valence-corrected chi connectivity index (χ1v) is 9.02. The summed E-state index contributed by atoms with van der Waals surface area (Å²) in [5.74, 6) is 1.90. The molecule has 0 aliphatic rings. The maximum atomic E-state index is 12.4. The third-order valence-electron chi connectivity index (χ3n) is 4.26. The highest BCUT2D eigenvalue weighted by molar-refractivity contribution is 5.78. The summed E-state index contributed by atoms with van der Waals surface area (Å²) >= 11 is 0. The van der Waals surface area contributed by atoms with E-state index in [2.05, 4.69) is 19.2 Å². The predicted octanol–water partition coefficient (Wildman–Crippen LogP) is 4.59. The minimum absolute atomic E-state index is 0.00897. The van der Waals surface area contributed by atoms with Crippen molar-refractivity contribution in [2.75, 3.05) is 13.7 Å². The van der Waals surface area contributed by atoms with E-state index < -0.39 is 0 Å². The van der Waals surface area contributed by atoms with E-state index in [4.69, 9.17) is 9.47 Å². The van der Waals surface area contributed by atoms with Crippen LogP contribution in [0.15, 0.2) is 42.5 Å². The zero-order valence-electron chi connectivity index (χ0n) is 16.3. The largest absolute Gasteiger partial charge is 0.497 e. The van der Waals surface area contributed by atoms with E-state index in [9.17, 15) is 4.79 Å². The minimum atomic E-state index is -0.118. The maximum Gasteiger partial charge on any atom is 0.258 e. The SMILES string of the molecule is COc1ccc(C(CC(C)C)NC(=O)COc2cc(C)ccc2C)cc1. The Morgan fingerprint density at radius 3 is 2.38 bits per heavy atom. The van der Waals surface area contributed by atoms with Crippen molar-refractivity contribution in [2.45, 2.75) is 40.2 Å². The van der Waals surface area contributed by atoms with E-state index in [1.807, 2.05) is 56.3 Å². The van der Waals surface area contributed by atoms with E-state index >= 15 is 0 Å². The van der Waals surface area contributed by atoms with Gasteiger partial charge in [-0.1, -0.05) is 38.1 Å². The van der Waals surface area contributed by atoms with Crippen LogP contribution in [0.4, 0.5) is 0 Å². The summed E-state index contributed by atoms with van der Waals surface area (Å²) in [5, 5.41) is 3.10. The molecule has 0 bridgehead atoms. The number of nitrogens with one attached hydrogen (secondary N) is 1. The van der Waals surface area contributed by atoms with Crippen molar-refractivity contribution in [3.05, 3.63) is 59.2 Å². The Hall–Kier alpha value is -2.49. The van der Waals surface area contributed by atoms with Gasteiger partial charge in [0.15, 0.2) is 6.61 Å². The standard InChI is InChI=1S/C22H29NO3/c1-15(2)12-20(18-8-10-19(25-5)11-9-18)23-22(24)14-26-21-13-16(3)6-7-17(21)4/h6-11,13,15,20H,12,14H2,1-5H3,(H,23,24). The molecule has 0 radical (unpaired) electrons. The fourth-order valence-electron chi connectivity index (χ4n) is 2.83. The van der Waals surface area contributed by atoms with Crippen molar-refractivity contribution in [1.82, 2.24) is 5.32 Å². The summed E-state index contributed by atoms with van der Waals surface area (Å²) in [6.07, 6.45) is 0.863. The maximum absolute atomic E-state index is 12.4. The summed E-state index contributed by atoms with van der Waals surface area (Å²) in [7, 11) is 1.65. The first kappa shape index (κ1) is 19.8. The van der Waals surface area contributed by atoms with Gasteiger partial charge in [0.1, 0.15) is 11.5 Å². The predicted molar refractivity (Wildman–Crippen MR) is 105 cm³/mol. The molecular weight excluding hydrogens is 326 g/mol. The van der Waals surface area contributed by atoms with Gasteiger partial charge in [-0.2, -0.15) is 0 Å². The normalized spacial score (nSPS) is 11.9. The zero-order chi connectivity index (χ0) is 19.1. The summed E-state index contributed by atoms with van der Waals surface area (Å²) < 4.78 is 10.9. The number of ether oxygens (including phenoxy) is 2. The molecule has 2 aromatic carbocycles. The van der Waals surface area contributed by atoms with Crippen molar-refractivity contribution in [1.29, 1.82) is 0 Å². The van der Waals surface area contributed by atoms with Gasteiger partial charge in [-0.05, 0) is 61.1 Å². The molecule has 1 atom stereocenters.